The summed E-state index contributed by atoms with van der Waals surface area (Å²) in [5, 5.41) is 0. The second kappa shape index (κ2) is 49.2. The molecule has 0 aliphatic carbocycles. The van der Waals surface area contributed by atoms with E-state index in [4.69, 9.17) is 0 Å². The quantitative estimate of drug-likeness (QED) is 0.459. The maximum absolute atomic E-state index is 4.25. The standard InChI is InChI=1S/CH4N.S.V/c1-2;;/h1-2H2;;/q-1;;. The van der Waals surface area contributed by atoms with Gasteiger partial charge in [-0.05, 0) is 0 Å². The van der Waals surface area contributed by atoms with Crippen molar-refractivity contribution in [2.75, 3.05) is 0 Å². The van der Waals surface area contributed by atoms with Crippen LogP contribution in [0.4, 0.5) is 0 Å². The minimum atomic E-state index is 1.90. The van der Waals surface area contributed by atoms with Crippen LogP contribution < -0.4 is 5.73 Å². The zero-order valence-corrected chi connectivity index (χ0v) is 4.35. The Kier molecular flexibility index (Phi) is 109. The van der Waals surface area contributed by atoms with E-state index < -0.39 is 0 Å². The van der Waals surface area contributed by atoms with E-state index in [1.807, 2.05) is 15.7 Å². The number of nitrogens with two attached hydrogens (primary N) is 1. The Labute approximate surface area is 39.2 Å². The summed E-state index contributed by atoms with van der Waals surface area (Å²) in [4.78, 5) is 0. The van der Waals surface area contributed by atoms with Crippen LogP contribution in [-0.2, 0) is 15.7 Å². The van der Waals surface area contributed by atoms with Crippen LogP contribution in [0.15, 0.2) is 0 Å². The van der Waals surface area contributed by atoms with Crippen molar-refractivity contribution < 1.29 is 15.7 Å². The van der Waals surface area contributed by atoms with E-state index in [9.17, 15) is 0 Å². The summed E-state index contributed by atoms with van der Waals surface area (Å²) in [6.07, 6.45) is 0. The molecule has 0 aliphatic rings. The van der Waals surface area contributed by atoms with Crippen LogP contribution in [0.5, 0.6) is 0 Å². The average Bonchev–Trinajstić information content (AvgIpc) is 1.50. The van der Waals surface area contributed by atoms with E-state index in [-0.39, 0.29) is 0 Å². The summed E-state index contributed by atoms with van der Waals surface area (Å²) < 4.78 is 0. The van der Waals surface area contributed by atoms with Gasteiger partial charge in [-0.1, -0.05) is 0 Å². The monoisotopic (exact) mass is 113 g/mol. The topological polar surface area (TPSA) is 26.0 Å². The van der Waals surface area contributed by atoms with Gasteiger partial charge in [0.15, 0.2) is 0 Å². The van der Waals surface area contributed by atoms with Gasteiger partial charge >= 0.3 is 26.0 Å². The van der Waals surface area contributed by atoms with Crippen LogP contribution in [-0.4, -0.2) is 0 Å². The predicted molar refractivity (Wildman–Crippen MR) is 17.1 cm³/mol. The van der Waals surface area contributed by atoms with E-state index in [0.717, 1.165) is 0 Å². The van der Waals surface area contributed by atoms with Gasteiger partial charge in [0.25, 0.3) is 0 Å². The Morgan fingerprint density at radius 3 is 1.50 bits per heavy atom. The first-order valence-corrected chi connectivity index (χ1v) is 2.67. The van der Waals surface area contributed by atoms with Gasteiger partial charge in [-0.15, -0.1) is 0 Å². The van der Waals surface area contributed by atoms with Gasteiger partial charge in [0.1, 0.15) is 0 Å². The third-order valence-corrected chi connectivity index (χ3v) is 0. The number of hydrogen-bond donors (Lipinski definition) is 1. The van der Waals surface area contributed by atoms with Crippen molar-refractivity contribution in [2.45, 2.75) is 0 Å². The number of hydrogen-bond acceptors (Lipinski definition) is 2. The zero-order chi connectivity index (χ0) is 4.00. The van der Waals surface area contributed by atoms with Gasteiger partial charge in [0.05, 0.1) is 0 Å². The molecule has 0 rings (SSSR count). The van der Waals surface area contributed by atoms with E-state index in [2.05, 4.69) is 23.1 Å². The van der Waals surface area contributed by atoms with Gasteiger partial charge in [0, 0.05) is 0 Å². The molecule has 0 heterocycles. The molecule has 2 N–H and O–H groups in total. The third kappa shape index (κ3) is 14.7. The summed E-state index contributed by atoms with van der Waals surface area (Å²) in [5.74, 6) is 0. The Morgan fingerprint density at radius 2 is 1.50 bits per heavy atom. The second-order valence-electron chi connectivity index (χ2n) is 0. The van der Waals surface area contributed by atoms with Crippen LogP contribution in [0.25, 0.3) is 0 Å². The molecule has 0 radical (unpaired) electrons. The van der Waals surface area contributed by atoms with Crippen molar-refractivity contribution in [3.63, 3.8) is 0 Å². The van der Waals surface area contributed by atoms with Crippen molar-refractivity contribution in [3.8, 4) is 0 Å². The summed E-state index contributed by atoms with van der Waals surface area (Å²) >= 11 is 1.90. The van der Waals surface area contributed by atoms with Crippen molar-refractivity contribution in [3.05, 3.63) is 7.05 Å². The van der Waals surface area contributed by atoms with Crippen LogP contribution in [0.3, 0.4) is 0 Å². The molecule has 0 aromatic rings. The average molecular weight is 113 g/mol. The maximum atomic E-state index is 4.25. The van der Waals surface area contributed by atoms with Crippen molar-refractivity contribution in [1.29, 1.82) is 0 Å². The van der Waals surface area contributed by atoms with Crippen LogP contribution in [0.2, 0.25) is 0 Å². The SMILES string of the molecule is [CH2-]N.[S]=[V]. The molecule has 0 spiro atoms. The Hall–Kier alpha value is 0.764. The fourth-order valence-electron chi connectivity index (χ4n) is 0. The van der Waals surface area contributed by atoms with Gasteiger partial charge < -0.3 is 5.73 Å². The summed E-state index contributed by atoms with van der Waals surface area (Å²) in [6.45, 7) is 0. The first-order valence-electron chi connectivity index (χ1n) is 0.591. The summed E-state index contributed by atoms with van der Waals surface area (Å²) in [7, 11) is 6.77. The molecule has 0 aromatic heterocycles. The van der Waals surface area contributed by atoms with E-state index in [1.165, 1.54) is 0 Å². The molecule has 0 saturated heterocycles. The van der Waals surface area contributed by atoms with E-state index in [1.54, 1.807) is 0 Å². The summed E-state index contributed by atoms with van der Waals surface area (Å²) in [6, 6.07) is 0. The van der Waals surface area contributed by atoms with E-state index in [0.29, 0.717) is 0 Å². The molecule has 25 valence electrons. The molecule has 3 heteroatoms. The van der Waals surface area contributed by atoms with Gasteiger partial charge in [0.2, 0.25) is 0 Å². The van der Waals surface area contributed by atoms with Crippen molar-refractivity contribution in [2.24, 2.45) is 5.73 Å². The molecule has 0 aliphatic heterocycles. The molecule has 1 nitrogen and oxygen atoms in total. The third-order valence-electron chi connectivity index (χ3n) is 0. The van der Waals surface area contributed by atoms with Crippen LogP contribution in [0, 0.1) is 7.05 Å². The molecule has 0 fully saturated rings. The number of rotatable bonds is 0. The Bertz CT molecular complexity index is 8.00. The normalized spacial score (nSPS) is 2.25. The first-order chi connectivity index (χ1) is 2.00. The Morgan fingerprint density at radius 1 is 1.50 bits per heavy atom. The fraction of sp³-hybridized carbons (Fsp3) is 0. The molecule has 4 heavy (non-hydrogen) atoms. The van der Waals surface area contributed by atoms with Crippen molar-refractivity contribution in [1.82, 2.24) is 0 Å². The van der Waals surface area contributed by atoms with Gasteiger partial charge in [-0.25, -0.2) is 0 Å². The van der Waals surface area contributed by atoms with Crippen LogP contribution >= 0.6 is 10.3 Å². The predicted octanol–water partition coefficient (Wildman–Crippen LogP) is 0.382. The second-order valence-corrected chi connectivity index (χ2v) is 0. The minimum absolute atomic E-state index is 1.90. The Balaban J connectivity index is 0. The first kappa shape index (κ1) is 8.83. The molecule has 0 unspecified atom stereocenters. The molecule has 0 saturated carbocycles. The molecular formula is CH4NSV-. The molecular weight excluding hydrogens is 109 g/mol. The molecule has 0 bridgehead atoms. The van der Waals surface area contributed by atoms with Crippen LogP contribution in [0.1, 0.15) is 0 Å². The van der Waals surface area contributed by atoms with Gasteiger partial charge in [-0.2, -0.15) is 0 Å². The fourth-order valence-corrected chi connectivity index (χ4v) is 0. The molecule has 0 aromatic carbocycles. The zero-order valence-electron chi connectivity index (χ0n) is 2.14. The molecule has 0 atom stereocenters. The van der Waals surface area contributed by atoms with Crippen molar-refractivity contribution >= 4 is 10.3 Å². The molecule has 0 amide bonds. The van der Waals surface area contributed by atoms with Gasteiger partial charge in [-0.3, -0.25) is 7.05 Å². The van der Waals surface area contributed by atoms with E-state index >= 15 is 0 Å². The summed E-state index contributed by atoms with van der Waals surface area (Å²) in [5.41, 5.74) is 4.25.